The number of benzene rings is 1. The lowest BCUT2D eigenvalue weighted by Crippen LogP contribution is -2.24. The standard InChI is InChI=1S/C19H22N4O3S/c1-22(2)13-15-9-5-4-8-14(15)12-20-18(24)17-16-10-6-7-11-23(16)19(21-17)27(3,25)26/h4-11H,12-13H2,1-3H3,(H,20,24). The van der Waals surface area contributed by atoms with Gasteiger partial charge < -0.3 is 10.2 Å². The van der Waals surface area contributed by atoms with Gasteiger partial charge in [0.25, 0.3) is 5.91 Å². The number of aromatic nitrogens is 2. The van der Waals surface area contributed by atoms with Crippen molar-refractivity contribution in [3.8, 4) is 0 Å². The van der Waals surface area contributed by atoms with Crippen LogP contribution in [0.3, 0.4) is 0 Å². The van der Waals surface area contributed by atoms with Crippen LogP contribution in [0.25, 0.3) is 5.52 Å². The highest BCUT2D eigenvalue weighted by Crippen LogP contribution is 2.17. The number of imidazole rings is 1. The van der Waals surface area contributed by atoms with Gasteiger partial charge in [-0.15, -0.1) is 0 Å². The highest BCUT2D eigenvalue weighted by atomic mass is 32.2. The van der Waals surface area contributed by atoms with Gasteiger partial charge >= 0.3 is 0 Å². The minimum Gasteiger partial charge on any atom is -0.347 e. The van der Waals surface area contributed by atoms with Crippen LogP contribution in [0.5, 0.6) is 0 Å². The first-order chi connectivity index (χ1) is 12.8. The smallest absolute Gasteiger partial charge is 0.272 e. The molecule has 0 saturated carbocycles. The number of carbonyl (C=O) groups is 1. The van der Waals surface area contributed by atoms with Gasteiger partial charge in [-0.05, 0) is 37.4 Å². The van der Waals surface area contributed by atoms with E-state index in [1.54, 1.807) is 24.4 Å². The number of hydrogen-bond donors (Lipinski definition) is 1. The Morgan fingerprint density at radius 2 is 1.78 bits per heavy atom. The highest BCUT2D eigenvalue weighted by molar-refractivity contribution is 7.90. The van der Waals surface area contributed by atoms with E-state index in [9.17, 15) is 13.2 Å². The molecule has 142 valence electrons. The predicted molar refractivity (Wildman–Crippen MR) is 103 cm³/mol. The van der Waals surface area contributed by atoms with Crippen molar-refractivity contribution in [2.24, 2.45) is 0 Å². The average molecular weight is 386 g/mol. The second-order valence-electron chi connectivity index (χ2n) is 6.66. The van der Waals surface area contributed by atoms with Crippen molar-refractivity contribution in [1.29, 1.82) is 0 Å². The molecule has 3 rings (SSSR count). The van der Waals surface area contributed by atoms with Crippen LogP contribution in [0.2, 0.25) is 0 Å². The van der Waals surface area contributed by atoms with Gasteiger partial charge in [-0.1, -0.05) is 30.3 Å². The summed E-state index contributed by atoms with van der Waals surface area (Å²) >= 11 is 0. The molecule has 0 unspecified atom stereocenters. The van der Waals surface area contributed by atoms with Crippen molar-refractivity contribution < 1.29 is 13.2 Å². The second-order valence-corrected chi connectivity index (χ2v) is 8.57. The summed E-state index contributed by atoms with van der Waals surface area (Å²) in [5, 5.41) is 2.72. The van der Waals surface area contributed by atoms with Gasteiger partial charge in [0, 0.05) is 25.5 Å². The van der Waals surface area contributed by atoms with Gasteiger partial charge in [-0.2, -0.15) is 0 Å². The van der Waals surface area contributed by atoms with Crippen molar-refractivity contribution in [3.63, 3.8) is 0 Å². The third-order valence-corrected chi connectivity index (χ3v) is 5.06. The van der Waals surface area contributed by atoms with E-state index in [4.69, 9.17) is 0 Å². The Morgan fingerprint density at radius 1 is 1.11 bits per heavy atom. The molecule has 0 aliphatic heterocycles. The Labute approximate surface area is 158 Å². The molecule has 0 aliphatic rings. The van der Waals surface area contributed by atoms with Gasteiger partial charge in [-0.3, -0.25) is 9.20 Å². The van der Waals surface area contributed by atoms with Crippen molar-refractivity contribution in [1.82, 2.24) is 19.6 Å². The number of rotatable bonds is 6. The summed E-state index contributed by atoms with van der Waals surface area (Å²) < 4.78 is 25.4. The number of sulfone groups is 1. The first-order valence-corrected chi connectivity index (χ1v) is 10.3. The van der Waals surface area contributed by atoms with Crippen LogP contribution >= 0.6 is 0 Å². The van der Waals surface area contributed by atoms with Crippen LogP contribution < -0.4 is 5.32 Å². The fourth-order valence-corrected chi connectivity index (χ4v) is 3.70. The molecule has 0 saturated heterocycles. The molecular formula is C19H22N4O3S. The number of nitrogens with zero attached hydrogens (tertiary/aromatic N) is 3. The quantitative estimate of drug-likeness (QED) is 0.698. The third kappa shape index (κ3) is 4.17. The fourth-order valence-electron chi connectivity index (χ4n) is 2.92. The molecule has 7 nitrogen and oxygen atoms in total. The van der Waals surface area contributed by atoms with Crippen molar-refractivity contribution in [3.05, 3.63) is 65.5 Å². The number of amides is 1. The van der Waals surface area contributed by atoms with Crippen LogP contribution in [0, 0.1) is 0 Å². The summed E-state index contributed by atoms with van der Waals surface area (Å²) in [6.07, 6.45) is 2.66. The Bertz CT molecular complexity index is 1090. The Kier molecular flexibility index (Phi) is 5.29. The molecule has 0 aliphatic carbocycles. The summed E-state index contributed by atoms with van der Waals surface area (Å²) in [5.74, 6) is -0.409. The molecule has 2 heterocycles. The number of hydrogen-bond acceptors (Lipinski definition) is 5. The van der Waals surface area contributed by atoms with Gasteiger partial charge in [0.2, 0.25) is 15.0 Å². The lowest BCUT2D eigenvalue weighted by Gasteiger charge is -2.14. The van der Waals surface area contributed by atoms with Crippen LogP contribution in [-0.2, 0) is 22.9 Å². The van der Waals surface area contributed by atoms with E-state index in [1.807, 2.05) is 38.4 Å². The van der Waals surface area contributed by atoms with E-state index in [2.05, 4.69) is 15.2 Å². The number of nitrogens with one attached hydrogen (secondary N) is 1. The monoisotopic (exact) mass is 386 g/mol. The summed E-state index contributed by atoms with van der Waals surface area (Å²) in [6, 6.07) is 13.0. The normalized spacial score (nSPS) is 11.9. The summed E-state index contributed by atoms with van der Waals surface area (Å²) in [4.78, 5) is 18.9. The van der Waals surface area contributed by atoms with Gasteiger partial charge in [0.05, 0.1) is 5.52 Å². The van der Waals surface area contributed by atoms with Crippen molar-refractivity contribution >= 4 is 21.3 Å². The SMILES string of the molecule is CN(C)Cc1ccccc1CNC(=O)c1nc(S(C)(=O)=O)n2ccccc12. The minimum absolute atomic E-state index is 0.0983. The molecule has 0 bridgehead atoms. The Hall–Kier alpha value is -2.71. The lowest BCUT2D eigenvalue weighted by molar-refractivity contribution is 0.0947. The molecular weight excluding hydrogens is 364 g/mol. The second kappa shape index (κ2) is 7.50. The molecule has 8 heteroatoms. The topological polar surface area (TPSA) is 83.8 Å². The summed E-state index contributed by atoms with van der Waals surface area (Å²) in [5.41, 5.74) is 2.68. The molecule has 0 atom stereocenters. The van der Waals surface area contributed by atoms with Gasteiger partial charge in [0.15, 0.2) is 5.69 Å². The molecule has 0 fully saturated rings. The van der Waals surface area contributed by atoms with Gasteiger partial charge in [-0.25, -0.2) is 13.4 Å². The molecule has 27 heavy (non-hydrogen) atoms. The van der Waals surface area contributed by atoms with Crippen LogP contribution in [-0.4, -0.2) is 49.0 Å². The zero-order valence-electron chi connectivity index (χ0n) is 15.5. The van der Waals surface area contributed by atoms with Crippen molar-refractivity contribution in [2.75, 3.05) is 20.4 Å². The summed E-state index contributed by atoms with van der Waals surface area (Å²) in [6.45, 7) is 1.10. The van der Waals surface area contributed by atoms with E-state index in [1.165, 1.54) is 4.40 Å². The van der Waals surface area contributed by atoms with Crippen LogP contribution in [0.1, 0.15) is 21.6 Å². The summed E-state index contributed by atoms with van der Waals surface area (Å²) in [7, 11) is 0.408. The van der Waals surface area contributed by atoms with Gasteiger partial charge in [0.1, 0.15) is 0 Å². The average Bonchev–Trinajstić information content (AvgIpc) is 3.00. The Balaban J connectivity index is 1.88. The maximum atomic E-state index is 12.7. The lowest BCUT2D eigenvalue weighted by atomic mass is 10.1. The maximum absolute atomic E-state index is 12.7. The van der Waals surface area contributed by atoms with Crippen LogP contribution in [0.15, 0.2) is 53.8 Å². The predicted octanol–water partition coefficient (Wildman–Crippen LogP) is 1.73. The van der Waals surface area contributed by atoms with E-state index in [0.717, 1.165) is 23.9 Å². The molecule has 1 aromatic carbocycles. The Morgan fingerprint density at radius 3 is 2.44 bits per heavy atom. The molecule has 1 N–H and O–H groups in total. The maximum Gasteiger partial charge on any atom is 0.272 e. The minimum atomic E-state index is -3.56. The molecule has 0 spiro atoms. The first-order valence-electron chi connectivity index (χ1n) is 8.44. The largest absolute Gasteiger partial charge is 0.347 e. The number of pyridine rings is 1. The number of carbonyl (C=O) groups excluding carboxylic acids is 1. The van der Waals surface area contributed by atoms with E-state index >= 15 is 0 Å². The third-order valence-electron chi connectivity index (χ3n) is 4.11. The molecule has 3 aromatic rings. The zero-order valence-corrected chi connectivity index (χ0v) is 16.3. The number of fused-ring (bicyclic) bond motifs is 1. The van der Waals surface area contributed by atoms with E-state index in [-0.39, 0.29) is 10.9 Å². The van der Waals surface area contributed by atoms with E-state index in [0.29, 0.717) is 12.1 Å². The molecule has 1 amide bonds. The van der Waals surface area contributed by atoms with Crippen LogP contribution in [0.4, 0.5) is 0 Å². The van der Waals surface area contributed by atoms with Crippen molar-refractivity contribution in [2.45, 2.75) is 18.2 Å². The zero-order chi connectivity index (χ0) is 19.6. The first kappa shape index (κ1) is 19.1. The molecule has 2 aromatic heterocycles. The fraction of sp³-hybridized carbons (Fsp3) is 0.263. The molecule has 0 radical (unpaired) electrons. The van der Waals surface area contributed by atoms with E-state index < -0.39 is 15.7 Å². The highest BCUT2D eigenvalue weighted by Gasteiger charge is 2.22.